The maximum atomic E-state index is 13.8. The number of aromatic hydroxyl groups is 1. The molecule has 0 unspecified atom stereocenters. The van der Waals surface area contributed by atoms with Gasteiger partial charge in [0.05, 0.1) is 0 Å². The number of rotatable bonds is 6. The normalized spacial score (nSPS) is 25.8. The van der Waals surface area contributed by atoms with Crippen molar-refractivity contribution in [3.05, 3.63) is 83.4 Å². The van der Waals surface area contributed by atoms with E-state index >= 15 is 0 Å². The summed E-state index contributed by atoms with van der Waals surface area (Å²) < 4.78 is 0. The Kier molecular flexibility index (Phi) is 7.66. The Morgan fingerprint density at radius 1 is 0.800 bits per heavy atom. The van der Waals surface area contributed by atoms with E-state index in [4.69, 9.17) is 0 Å². The fourth-order valence-corrected chi connectivity index (χ4v) is 9.09. The Labute approximate surface area is 267 Å². The van der Waals surface area contributed by atoms with Crippen molar-refractivity contribution in [2.45, 2.75) is 64.7 Å². The van der Waals surface area contributed by atoms with Crippen LogP contribution < -0.4 is 10.2 Å². The first-order valence-corrected chi connectivity index (χ1v) is 16.9. The van der Waals surface area contributed by atoms with E-state index < -0.39 is 0 Å². The first-order valence-electron chi connectivity index (χ1n) is 16.9. The van der Waals surface area contributed by atoms with Crippen LogP contribution in [-0.4, -0.2) is 54.5 Å². The van der Waals surface area contributed by atoms with Gasteiger partial charge in [0, 0.05) is 49.5 Å². The van der Waals surface area contributed by atoms with Crippen LogP contribution in [0, 0.1) is 23.2 Å². The van der Waals surface area contributed by atoms with Crippen molar-refractivity contribution in [2.24, 2.45) is 23.2 Å². The zero-order valence-corrected chi connectivity index (χ0v) is 27.0. The molecule has 5 fully saturated rings. The number of benzene rings is 3. The Morgan fingerprint density at radius 3 is 2.04 bits per heavy atom. The first-order chi connectivity index (χ1) is 21.5. The number of piperazine rings is 1. The highest BCUT2D eigenvalue weighted by Crippen LogP contribution is 2.59. The maximum Gasteiger partial charge on any atom is 0.254 e. The molecule has 2 N–H and O–H groups in total. The van der Waals surface area contributed by atoms with Crippen LogP contribution in [0.4, 0.5) is 5.69 Å². The van der Waals surface area contributed by atoms with Crippen LogP contribution in [0.1, 0.15) is 85.6 Å². The summed E-state index contributed by atoms with van der Waals surface area (Å²) in [6, 6.07) is 21.3. The van der Waals surface area contributed by atoms with Crippen LogP contribution in [-0.2, 0) is 5.41 Å². The average Bonchev–Trinajstić information content (AvgIpc) is 3.02. The lowest BCUT2D eigenvalue weighted by Gasteiger charge is -2.56. The number of phenolic OH excluding ortho intramolecular Hbond substituents is 1. The van der Waals surface area contributed by atoms with E-state index in [2.05, 4.69) is 37.1 Å². The molecule has 4 bridgehead atoms. The third-order valence-corrected chi connectivity index (χ3v) is 11.1. The lowest BCUT2D eigenvalue weighted by atomic mass is 9.49. The van der Waals surface area contributed by atoms with Crippen LogP contribution in [0.25, 0.3) is 11.1 Å². The van der Waals surface area contributed by atoms with Gasteiger partial charge in [-0.3, -0.25) is 9.59 Å². The van der Waals surface area contributed by atoms with E-state index in [0.29, 0.717) is 24.1 Å². The van der Waals surface area contributed by atoms with Crippen LogP contribution in [0.3, 0.4) is 0 Å². The Hall–Kier alpha value is -3.80. The van der Waals surface area contributed by atoms with Crippen molar-refractivity contribution in [3.63, 3.8) is 0 Å². The van der Waals surface area contributed by atoms with Gasteiger partial charge in [0.25, 0.3) is 11.8 Å². The fourth-order valence-electron chi connectivity index (χ4n) is 9.09. The molecular weight excluding hydrogens is 558 g/mol. The second kappa shape index (κ2) is 11.5. The minimum absolute atomic E-state index is 0.0354. The standard InChI is InChI=1S/C39H47N3O3/c1-38(2,3)33-19-31(30-5-4-6-35(43)21-30)18-32(20-33)37(45)42-13-11-41(12-14-42)34-9-7-29(8-10-34)36(44)40-25-39-22-26-15-27(23-39)17-28(16-26)24-39/h4-10,18-21,26-28,43H,11-17,22-25H2,1-3H3,(H,40,44). The van der Waals surface area contributed by atoms with Gasteiger partial charge in [-0.1, -0.05) is 39.0 Å². The molecule has 5 aliphatic rings. The number of anilines is 1. The van der Waals surface area contributed by atoms with Gasteiger partial charge in [-0.15, -0.1) is 0 Å². The van der Waals surface area contributed by atoms with E-state index in [1.807, 2.05) is 53.4 Å². The lowest BCUT2D eigenvalue weighted by molar-refractivity contribution is -0.0503. The molecule has 0 aromatic heterocycles. The first kappa shape index (κ1) is 29.9. The molecule has 4 aliphatic carbocycles. The second-order valence-electron chi connectivity index (χ2n) is 15.5. The van der Waals surface area contributed by atoms with Gasteiger partial charge < -0.3 is 20.2 Å². The summed E-state index contributed by atoms with van der Waals surface area (Å²) in [4.78, 5) is 31.1. The molecule has 236 valence electrons. The maximum absolute atomic E-state index is 13.8. The van der Waals surface area contributed by atoms with Crippen LogP contribution in [0.5, 0.6) is 5.75 Å². The Bertz CT molecular complexity index is 1540. The van der Waals surface area contributed by atoms with E-state index in [1.54, 1.807) is 12.1 Å². The van der Waals surface area contributed by atoms with Gasteiger partial charge in [-0.2, -0.15) is 0 Å². The van der Waals surface area contributed by atoms with Crippen molar-refractivity contribution in [2.75, 3.05) is 37.6 Å². The van der Waals surface area contributed by atoms with Gasteiger partial charge in [-0.25, -0.2) is 0 Å². The summed E-state index contributed by atoms with van der Waals surface area (Å²) in [6.07, 6.45) is 8.16. The third-order valence-electron chi connectivity index (χ3n) is 11.1. The largest absolute Gasteiger partial charge is 0.508 e. The Morgan fingerprint density at radius 2 is 1.44 bits per heavy atom. The number of amides is 2. The smallest absolute Gasteiger partial charge is 0.254 e. The molecule has 3 aromatic rings. The molecule has 6 nitrogen and oxygen atoms in total. The number of phenols is 1. The van der Waals surface area contributed by atoms with Crippen molar-refractivity contribution in [3.8, 4) is 16.9 Å². The van der Waals surface area contributed by atoms with E-state index in [1.165, 1.54) is 38.5 Å². The molecule has 45 heavy (non-hydrogen) atoms. The number of nitrogens with one attached hydrogen (secondary N) is 1. The highest BCUT2D eigenvalue weighted by molar-refractivity contribution is 5.96. The molecule has 6 heteroatoms. The summed E-state index contributed by atoms with van der Waals surface area (Å²) in [7, 11) is 0. The van der Waals surface area contributed by atoms with Crippen LogP contribution in [0.2, 0.25) is 0 Å². The van der Waals surface area contributed by atoms with Crippen molar-refractivity contribution >= 4 is 17.5 Å². The molecular formula is C39H47N3O3. The van der Waals surface area contributed by atoms with Crippen molar-refractivity contribution < 1.29 is 14.7 Å². The highest BCUT2D eigenvalue weighted by atomic mass is 16.3. The van der Waals surface area contributed by atoms with E-state index in [-0.39, 0.29) is 23.0 Å². The fraction of sp³-hybridized carbons (Fsp3) is 0.487. The van der Waals surface area contributed by atoms with Gasteiger partial charge >= 0.3 is 0 Å². The predicted octanol–water partition coefficient (Wildman–Crippen LogP) is 7.27. The predicted molar refractivity (Wildman–Crippen MR) is 180 cm³/mol. The number of hydrogen-bond acceptors (Lipinski definition) is 4. The van der Waals surface area contributed by atoms with E-state index in [0.717, 1.165) is 65.3 Å². The zero-order valence-electron chi connectivity index (χ0n) is 27.0. The van der Waals surface area contributed by atoms with Crippen LogP contribution in [0.15, 0.2) is 66.7 Å². The van der Waals surface area contributed by atoms with Gasteiger partial charge in [0.15, 0.2) is 0 Å². The highest BCUT2D eigenvalue weighted by Gasteiger charge is 2.50. The summed E-state index contributed by atoms with van der Waals surface area (Å²) >= 11 is 0. The van der Waals surface area contributed by atoms with Crippen molar-refractivity contribution in [1.82, 2.24) is 10.2 Å². The minimum Gasteiger partial charge on any atom is -0.508 e. The SMILES string of the molecule is CC(C)(C)c1cc(C(=O)N2CCN(c3ccc(C(=O)NCC45CC6CC(CC(C6)C4)C5)cc3)CC2)cc(-c2cccc(O)c2)c1. The lowest BCUT2D eigenvalue weighted by Crippen LogP contribution is -2.51. The van der Waals surface area contributed by atoms with Gasteiger partial charge in [0.1, 0.15) is 5.75 Å². The number of hydrogen-bond donors (Lipinski definition) is 2. The van der Waals surface area contributed by atoms with Gasteiger partial charge in [0.2, 0.25) is 0 Å². The summed E-state index contributed by atoms with van der Waals surface area (Å²) in [5.74, 6) is 2.95. The molecule has 0 radical (unpaired) electrons. The number of nitrogens with zero attached hydrogens (tertiary/aromatic N) is 2. The Balaban J connectivity index is 0.972. The third kappa shape index (κ3) is 6.21. The molecule has 0 atom stereocenters. The minimum atomic E-state index is -0.127. The second-order valence-corrected chi connectivity index (χ2v) is 15.5. The van der Waals surface area contributed by atoms with Gasteiger partial charge in [-0.05, 0) is 132 Å². The molecule has 1 saturated heterocycles. The topological polar surface area (TPSA) is 72.9 Å². The quantitative estimate of drug-likeness (QED) is 0.310. The summed E-state index contributed by atoms with van der Waals surface area (Å²) in [6.45, 7) is 10.0. The summed E-state index contributed by atoms with van der Waals surface area (Å²) in [5, 5.41) is 13.4. The molecule has 1 aliphatic heterocycles. The van der Waals surface area contributed by atoms with Crippen molar-refractivity contribution in [1.29, 1.82) is 0 Å². The number of carbonyl (C=O) groups excluding carboxylic acids is 2. The average molecular weight is 606 g/mol. The number of carbonyl (C=O) groups is 2. The monoisotopic (exact) mass is 605 g/mol. The molecule has 8 rings (SSSR count). The molecule has 3 aromatic carbocycles. The molecule has 1 heterocycles. The van der Waals surface area contributed by atoms with Crippen LogP contribution >= 0.6 is 0 Å². The molecule has 0 spiro atoms. The zero-order chi connectivity index (χ0) is 31.3. The molecule has 4 saturated carbocycles. The van der Waals surface area contributed by atoms with E-state index in [9.17, 15) is 14.7 Å². The summed E-state index contributed by atoms with van der Waals surface area (Å²) in [5.41, 5.74) is 5.61. The molecule has 2 amide bonds.